The van der Waals surface area contributed by atoms with E-state index in [1.807, 2.05) is 6.92 Å². The van der Waals surface area contributed by atoms with E-state index in [0.717, 1.165) is 18.0 Å². The maximum Gasteiger partial charge on any atom is 0.216 e. The summed E-state index contributed by atoms with van der Waals surface area (Å²) in [5.74, 6) is 0.769. The number of nitrogens with zero attached hydrogens (tertiary/aromatic N) is 1. The Bertz CT molecular complexity index is 656. The lowest BCUT2D eigenvalue weighted by atomic mass is 9.96. The molecule has 20 heavy (non-hydrogen) atoms. The van der Waals surface area contributed by atoms with Crippen molar-refractivity contribution >= 4 is 5.90 Å². The van der Waals surface area contributed by atoms with Crippen molar-refractivity contribution < 1.29 is 4.74 Å². The van der Waals surface area contributed by atoms with Crippen LogP contribution in [0, 0.1) is 13.8 Å². The zero-order valence-electron chi connectivity index (χ0n) is 12.2. The summed E-state index contributed by atoms with van der Waals surface area (Å²) in [6.07, 6.45) is 0.198. The first kappa shape index (κ1) is 12.9. The molecule has 0 bridgehead atoms. The standard InChI is InChI=1S/C18H19NO/c1-12-5-4-6-17(14(12)3)15-7-9-16(10-8-15)18-19-11-13(2)20-18/h4-10,13H,11H2,1-3H3. The van der Waals surface area contributed by atoms with Crippen molar-refractivity contribution in [3.05, 3.63) is 59.2 Å². The molecular formula is C18H19NO. The lowest BCUT2D eigenvalue weighted by Gasteiger charge is -2.10. The number of hydrogen-bond donors (Lipinski definition) is 0. The van der Waals surface area contributed by atoms with Crippen LogP contribution in [0.5, 0.6) is 0 Å². The van der Waals surface area contributed by atoms with Crippen molar-refractivity contribution in [2.75, 3.05) is 6.54 Å². The molecule has 2 heteroatoms. The smallest absolute Gasteiger partial charge is 0.216 e. The van der Waals surface area contributed by atoms with Gasteiger partial charge in [0.2, 0.25) is 5.90 Å². The van der Waals surface area contributed by atoms with E-state index in [1.165, 1.54) is 22.3 Å². The van der Waals surface area contributed by atoms with Gasteiger partial charge in [-0.25, -0.2) is 4.99 Å². The zero-order chi connectivity index (χ0) is 14.1. The minimum atomic E-state index is 0.198. The molecule has 1 heterocycles. The molecule has 1 aliphatic heterocycles. The van der Waals surface area contributed by atoms with E-state index >= 15 is 0 Å². The number of rotatable bonds is 2. The molecule has 0 saturated heterocycles. The third-order valence-electron chi connectivity index (χ3n) is 3.85. The predicted octanol–water partition coefficient (Wildman–Crippen LogP) is 4.14. The highest BCUT2D eigenvalue weighted by atomic mass is 16.5. The van der Waals surface area contributed by atoms with E-state index in [4.69, 9.17) is 4.74 Å². The first-order chi connectivity index (χ1) is 9.65. The minimum absolute atomic E-state index is 0.198. The number of ether oxygens (including phenoxy) is 1. The molecule has 1 aliphatic rings. The molecule has 0 amide bonds. The van der Waals surface area contributed by atoms with E-state index < -0.39 is 0 Å². The van der Waals surface area contributed by atoms with Gasteiger partial charge in [0.25, 0.3) is 0 Å². The fraction of sp³-hybridized carbons (Fsp3) is 0.278. The second-order valence-electron chi connectivity index (χ2n) is 5.40. The molecule has 0 aliphatic carbocycles. The normalized spacial score (nSPS) is 17.8. The lowest BCUT2D eigenvalue weighted by Crippen LogP contribution is -2.08. The molecule has 0 aromatic heterocycles. The van der Waals surface area contributed by atoms with E-state index in [-0.39, 0.29) is 6.10 Å². The van der Waals surface area contributed by atoms with Crippen LogP contribution in [0.4, 0.5) is 0 Å². The van der Waals surface area contributed by atoms with Crippen molar-refractivity contribution in [1.29, 1.82) is 0 Å². The minimum Gasteiger partial charge on any atom is -0.472 e. The van der Waals surface area contributed by atoms with Crippen LogP contribution in [0.25, 0.3) is 11.1 Å². The Morgan fingerprint density at radius 1 is 1.00 bits per heavy atom. The van der Waals surface area contributed by atoms with Crippen molar-refractivity contribution in [2.24, 2.45) is 4.99 Å². The summed E-state index contributed by atoms with van der Waals surface area (Å²) in [4.78, 5) is 4.42. The van der Waals surface area contributed by atoms with Gasteiger partial charge in [0.05, 0.1) is 6.54 Å². The van der Waals surface area contributed by atoms with Gasteiger partial charge in [0.15, 0.2) is 0 Å². The number of aryl methyl sites for hydroxylation is 1. The summed E-state index contributed by atoms with van der Waals surface area (Å²) in [5.41, 5.74) is 6.25. The molecule has 0 saturated carbocycles. The largest absolute Gasteiger partial charge is 0.472 e. The summed E-state index contributed by atoms with van der Waals surface area (Å²) in [6.45, 7) is 7.12. The van der Waals surface area contributed by atoms with Crippen molar-refractivity contribution in [1.82, 2.24) is 0 Å². The summed E-state index contributed by atoms with van der Waals surface area (Å²) in [5, 5.41) is 0. The lowest BCUT2D eigenvalue weighted by molar-refractivity contribution is 0.246. The maximum atomic E-state index is 5.69. The summed E-state index contributed by atoms with van der Waals surface area (Å²) < 4.78 is 5.69. The monoisotopic (exact) mass is 265 g/mol. The highest BCUT2D eigenvalue weighted by Gasteiger charge is 2.16. The Labute approximate surface area is 120 Å². The van der Waals surface area contributed by atoms with Gasteiger partial charge in [0, 0.05) is 5.56 Å². The molecule has 0 spiro atoms. The third-order valence-corrected chi connectivity index (χ3v) is 3.85. The highest BCUT2D eigenvalue weighted by Crippen LogP contribution is 2.26. The fourth-order valence-electron chi connectivity index (χ4n) is 2.49. The van der Waals surface area contributed by atoms with Crippen LogP contribution < -0.4 is 0 Å². The molecule has 2 nitrogen and oxygen atoms in total. The first-order valence-electron chi connectivity index (χ1n) is 7.03. The van der Waals surface area contributed by atoms with Gasteiger partial charge < -0.3 is 4.74 Å². The van der Waals surface area contributed by atoms with E-state index in [0.29, 0.717) is 0 Å². The van der Waals surface area contributed by atoms with Gasteiger partial charge in [-0.05, 0) is 55.2 Å². The van der Waals surface area contributed by atoms with Crippen LogP contribution in [0.15, 0.2) is 47.5 Å². The molecule has 3 rings (SSSR count). The average molecular weight is 265 g/mol. The zero-order valence-corrected chi connectivity index (χ0v) is 12.2. The summed E-state index contributed by atoms with van der Waals surface area (Å²) in [7, 11) is 0. The van der Waals surface area contributed by atoms with Crippen LogP contribution in [-0.4, -0.2) is 18.5 Å². The second-order valence-corrected chi connectivity index (χ2v) is 5.40. The van der Waals surface area contributed by atoms with Gasteiger partial charge in [-0.3, -0.25) is 0 Å². The molecule has 102 valence electrons. The van der Waals surface area contributed by atoms with Gasteiger partial charge >= 0.3 is 0 Å². The van der Waals surface area contributed by atoms with Crippen LogP contribution in [-0.2, 0) is 4.74 Å². The Kier molecular flexibility index (Phi) is 3.31. The fourth-order valence-corrected chi connectivity index (χ4v) is 2.49. The van der Waals surface area contributed by atoms with E-state index in [1.54, 1.807) is 0 Å². The summed E-state index contributed by atoms with van der Waals surface area (Å²) in [6, 6.07) is 14.9. The average Bonchev–Trinajstić information content (AvgIpc) is 2.89. The number of benzene rings is 2. The molecule has 0 radical (unpaired) electrons. The maximum absolute atomic E-state index is 5.69. The van der Waals surface area contributed by atoms with E-state index in [9.17, 15) is 0 Å². The van der Waals surface area contributed by atoms with Crippen molar-refractivity contribution in [2.45, 2.75) is 26.9 Å². The van der Waals surface area contributed by atoms with Crippen molar-refractivity contribution in [3.8, 4) is 11.1 Å². The quantitative estimate of drug-likeness (QED) is 0.800. The number of aliphatic imine (C=N–C) groups is 1. The SMILES string of the molecule is Cc1cccc(-c2ccc(C3=NCC(C)O3)cc2)c1C. The highest BCUT2D eigenvalue weighted by molar-refractivity contribution is 5.95. The van der Waals surface area contributed by atoms with Crippen LogP contribution in [0.1, 0.15) is 23.6 Å². The Morgan fingerprint density at radius 3 is 2.35 bits per heavy atom. The van der Waals surface area contributed by atoms with Crippen LogP contribution in [0.3, 0.4) is 0 Å². The molecule has 0 N–H and O–H groups in total. The molecule has 0 fully saturated rings. The van der Waals surface area contributed by atoms with Crippen LogP contribution >= 0.6 is 0 Å². The summed E-state index contributed by atoms with van der Waals surface area (Å²) >= 11 is 0. The first-order valence-corrected chi connectivity index (χ1v) is 7.03. The topological polar surface area (TPSA) is 21.6 Å². The van der Waals surface area contributed by atoms with Gasteiger partial charge in [-0.1, -0.05) is 30.3 Å². The molecule has 1 unspecified atom stereocenters. The predicted molar refractivity (Wildman–Crippen MR) is 83.3 cm³/mol. The Morgan fingerprint density at radius 2 is 1.70 bits per heavy atom. The molecule has 2 aromatic rings. The molecular weight excluding hydrogens is 246 g/mol. The van der Waals surface area contributed by atoms with Crippen LogP contribution in [0.2, 0.25) is 0 Å². The number of hydrogen-bond acceptors (Lipinski definition) is 2. The second kappa shape index (κ2) is 5.12. The van der Waals surface area contributed by atoms with E-state index in [2.05, 4.69) is 61.3 Å². The van der Waals surface area contributed by atoms with Gasteiger partial charge in [-0.2, -0.15) is 0 Å². The van der Waals surface area contributed by atoms with Crippen molar-refractivity contribution in [3.63, 3.8) is 0 Å². The van der Waals surface area contributed by atoms with Gasteiger partial charge in [0.1, 0.15) is 6.10 Å². The third kappa shape index (κ3) is 2.34. The van der Waals surface area contributed by atoms with Gasteiger partial charge in [-0.15, -0.1) is 0 Å². The Hall–Kier alpha value is -2.09. The Balaban J connectivity index is 1.92. The molecule has 1 atom stereocenters. The molecule has 2 aromatic carbocycles.